The van der Waals surface area contributed by atoms with Crippen LogP contribution in [0.4, 0.5) is 0 Å². The molecular formula is C11H21N3. The minimum Gasteiger partial charge on any atom is -0.330 e. The summed E-state index contributed by atoms with van der Waals surface area (Å²) in [5.41, 5.74) is 8.12. The summed E-state index contributed by atoms with van der Waals surface area (Å²) in [5, 5.41) is 4.51. The molecule has 2 N–H and O–H groups in total. The van der Waals surface area contributed by atoms with E-state index in [1.807, 2.05) is 11.7 Å². The van der Waals surface area contributed by atoms with E-state index in [1.54, 1.807) is 0 Å². The minimum absolute atomic E-state index is 0.115. The van der Waals surface area contributed by atoms with Crippen molar-refractivity contribution in [2.24, 2.45) is 12.8 Å². The van der Waals surface area contributed by atoms with Crippen LogP contribution >= 0.6 is 0 Å². The minimum atomic E-state index is 0.115. The first-order valence-electron chi connectivity index (χ1n) is 5.10. The van der Waals surface area contributed by atoms with Gasteiger partial charge in [0.25, 0.3) is 0 Å². The standard InChI is InChI=1S/C11H21N3/c1-8(7-12)9-6-10(11(2,3)4)13-14(9)5/h6,8H,7,12H2,1-5H3. The Morgan fingerprint density at radius 2 is 2.07 bits per heavy atom. The molecule has 1 aromatic heterocycles. The lowest BCUT2D eigenvalue weighted by Gasteiger charge is -2.13. The van der Waals surface area contributed by atoms with Crippen LogP contribution in [0.15, 0.2) is 6.07 Å². The maximum absolute atomic E-state index is 5.65. The van der Waals surface area contributed by atoms with Gasteiger partial charge in [-0.15, -0.1) is 0 Å². The zero-order valence-corrected chi connectivity index (χ0v) is 9.83. The molecule has 0 aliphatic rings. The van der Waals surface area contributed by atoms with Gasteiger partial charge in [-0.25, -0.2) is 0 Å². The van der Waals surface area contributed by atoms with E-state index >= 15 is 0 Å². The smallest absolute Gasteiger partial charge is 0.0680 e. The molecule has 1 aromatic rings. The lowest BCUT2D eigenvalue weighted by molar-refractivity contribution is 0.549. The molecule has 1 rings (SSSR count). The third kappa shape index (κ3) is 2.15. The van der Waals surface area contributed by atoms with Crippen LogP contribution in [-0.2, 0) is 12.5 Å². The number of aromatic nitrogens is 2. The highest BCUT2D eigenvalue weighted by molar-refractivity contribution is 5.20. The Balaban J connectivity index is 3.05. The molecule has 0 saturated heterocycles. The molecule has 0 fully saturated rings. The van der Waals surface area contributed by atoms with E-state index in [4.69, 9.17) is 5.73 Å². The average Bonchev–Trinajstić information content (AvgIpc) is 2.45. The number of aryl methyl sites for hydroxylation is 1. The average molecular weight is 195 g/mol. The molecule has 1 heterocycles. The van der Waals surface area contributed by atoms with E-state index in [-0.39, 0.29) is 5.41 Å². The summed E-state index contributed by atoms with van der Waals surface area (Å²) in [7, 11) is 1.98. The van der Waals surface area contributed by atoms with Gasteiger partial charge < -0.3 is 5.73 Å². The van der Waals surface area contributed by atoms with E-state index in [0.717, 1.165) is 5.69 Å². The van der Waals surface area contributed by atoms with Gasteiger partial charge in [-0.3, -0.25) is 4.68 Å². The molecule has 1 unspecified atom stereocenters. The molecule has 80 valence electrons. The Morgan fingerprint density at radius 3 is 2.43 bits per heavy atom. The van der Waals surface area contributed by atoms with E-state index < -0.39 is 0 Å². The van der Waals surface area contributed by atoms with Gasteiger partial charge in [-0.2, -0.15) is 5.10 Å². The van der Waals surface area contributed by atoms with Crippen LogP contribution in [0.5, 0.6) is 0 Å². The van der Waals surface area contributed by atoms with Crippen molar-refractivity contribution in [3.8, 4) is 0 Å². The van der Waals surface area contributed by atoms with Crippen molar-refractivity contribution in [1.29, 1.82) is 0 Å². The second kappa shape index (κ2) is 3.73. The molecule has 0 radical (unpaired) electrons. The number of rotatable bonds is 2. The normalized spacial score (nSPS) is 14.4. The molecule has 0 saturated carbocycles. The summed E-state index contributed by atoms with van der Waals surface area (Å²) in [6.07, 6.45) is 0. The van der Waals surface area contributed by atoms with E-state index in [2.05, 4.69) is 38.9 Å². The molecular weight excluding hydrogens is 174 g/mol. The summed E-state index contributed by atoms with van der Waals surface area (Å²) in [4.78, 5) is 0. The Labute approximate surface area is 86.3 Å². The summed E-state index contributed by atoms with van der Waals surface area (Å²) in [6.45, 7) is 9.32. The number of hydrogen-bond donors (Lipinski definition) is 1. The third-order valence-electron chi connectivity index (χ3n) is 2.54. The molecule has 3 heteroatoms. The van der Waals surface area contributed by atoms with Crippen molar-refractivity contribution in [3.63, 3.8) is 0 Å². The highest BCUT2D eigenvalue weighted by atomic mass is 15.3. The fourth-order valence-corrected chi connectivity index (χ4v) is 1.43. The monoisotopic (exact) mass is 195 g/mol. The lowest BCUT2D eigenvalue weighted by Crippen LogP contribution is -2.12. The van der Waals surface area contributed by atoms with Crippen LogP contribution < -0.4 is 5.73 Å². The lowest BCUT2D eigenvalue weighted by atomic mass is 9.91. The fraction of sp³-hybridized carbons (Fsp3) is 0.727. The van der Waals surface area contributed by atoms with E-state index in [9.17, 15) is 0 Å². The Morgan fingerprint density at radius 1 is 1.50 bits per heavy atom. The van der Waals surface area contributed by atoms with Crippen molar-refractivity contribution in [3.05, 3.63) is 17.5 Å². The van der Waals surface area contributed by atoms with E-state index in [0.29, 0.717) is 12.5 Å². The Bertz CT molecular complexity index is 307. The van der Waals surface area contributed by atoms with Gasteiger partial charge in [0, 0.05) is 30.6 Å². The highest BCUT2D eigenvalue weighted by Gasteiger charge is 2.20. The fourth-order valence-electron chi connectivity index (χ4n) is 1.43. The van der Waals surface area contributed by atoms with Crippen LogP contribution in [0.1, 0.15) is 45.0 Å². The Hall–Kier alpha value is -0.830. The number of nitrogens with zero attached hydrogens (tertiary/aromatic N) is 2. The first-order valence-corrected chi connectivity index (χ1v) is 5.10. The van der Waals surface area contributed by atoms with Crippen LogP contribution in [0.3, 0.4) is 0 Å². The van der Waals surface area contributed by atoms with Gasteiger partial charge in [0.05, 0.1) is 5.69 Å². The van der Waals surface area contributed by atoms with Crippen LogP contribution in [0, 0.1) is 0 Å². The first kappa shape index (κ1) is 11.2. The van der Waals surface area contributed by atoms with Gasteiger partial charge in [0.1, 0.15) is 0 Å². The highest BCUT2D eigenvalue weighted by Crippen LogP contribution is 2.24. The van der Waals surface area contributed by atoms with Crippen LogP contribution in [-0.4, -0.2) is 16.3 Å². The van der Waals surface area contributed by atoms with Crippen LogP contribution in [0.2, 0.25) is 0 Å². The van der Waals surface area contributed by atoms with Crippen molar-refractivity contribution in [2.45, 2.75) is 39.0 Å². The van der Waals surface area contributed by atoms with Gasteiger partial charge in [0.2, 0.25) is 0 Å². The largest absolute Gasteiger partial charge is 0.330 e. The van der Waals surface area contributed by atoms with Gasteiger partial charge in [-0.05, 0) is 6.07 Å². The van der Waals surface area contributed by atoms with Gasteiger partial charge in [0.15, 0.2) is 0 Å². The van der Waals surface area contributed by atoms with Gasteiger partial charge in [-0.1, -0.05) is 27.7 Å². The molecule has 0 spiro atoms. The van der Waals surface area contributed by atoms with Crippen molar-refractivity contribution in [1.82, 2.24) is 9.78 Å². The molecule has 0 amide bonds. The molecule has 0 aliphatic heterocycles. The van der Waals surface area contributed by atoms with Gasteiger partial charge >= 0.3 is 0 Å². The number of hydrogen-bond acceptors (Lipinski definition) is 2. The maximum Gasteiger partial charge on any atom is 0.0680 e. The zero-order chi connectivity index (χ0) is 10.9. The topological polar surface area (TPSA) is 43.8 Å². The SMILES string of the molecule is CC(CN)c1cc(C(C)(C)C)nn1C. The second-order valence-corrected chi connectivity index (χ2v) is 4.96. The first-order chi connectivity index (χ1) is 6.36. The maximum atomic E-state index is 5.65. The third-order valence-corrected chi connectivity index (χ3v) is 2.54. The molecule has 0 aliphatic carbocycles. The van der Waals surface area contributed by atoms with E-state index in [1.165, 1.54) is 5.69 Å². The quantitative estimate of drug-likeness (QED) is 0.781. The van der Waals surface area contributed by atoms with Crippen molar-refractivity contribution >= 4 is 0 Å². The summed E-state index contributed by atoms with van der Waals surface area (Å²) >= 11 is 0. The molecule has 1 atom stereocenters. The molecule has 3 nitrogen and oxygen atoms in total. The van der Waals surface area contributed by atoms with Crippen molar-refractivity contribution < 1.29 is 0 Å². The number of nitrogens with two attached hydrogens (primary N) is 1. The second-order valence-electron chi connectivity index (χ2n) is 4.96. The zero-order valence-electron chi connectivity index (χ0n) is 9.83. The van der Waals surface area contributed by atoms with Crippen molar-refractivity contribution in [2.75, 3.05) is 6.54 Å². The summed E-state index contributed by atoms with van der Waals surface area (Å²) in [6, 6.07) is 2.16. The van der Waals surface area contributed by atoms with Crippen LogP contribution in [0.25, 0.3) is 0 Å². The predicted molar refractivity (Wildman–Crippen MR) is 59.4 cm³/mol. The molecule has 0 bridgehead atoms. The summed E-state index contributed by atoms with van der Waals surface area (Å²) < 4.78 is 1.94. The Kier molecular flexibility index (Phi) is 3.00. The molecule has 0 aromatic carbocycles. The predicted octanol–water partition coefficient (Wildman–Crippen LogP) is 1.78. The molecule has 14 heavy (non-hydrogen) atoms. The summed E-state index contributed by atoms with van der Waals surface area (Å²) in [5.74, 6) is 0.378.